The first-order chi connectivity index (χ1) is 12.6. The van der Waals surface area contributed by atoms with Gasteiger partial charge in [0.05, 0.1) is 20.0 Å². The molecule has 0 spiro atoms. The number of aromatic nitrogens is 2. The first-order valence-electron chi connectivity index (χ1n) is 8.19. The lowest BCUT2D eigenvalue weighted by Crippen LogP contribution is -2.31. The number of ether oxygens (including phenoxy) is 2. The van der Waals surface area contributed by atoms with Gasteiger partial charge in [-0.05, 0) is 30.4 Å². The van der Waals surface area contributed by atoms with Gasteiger partial charge in [-0.1, -0.05) is 47.9 Å². The molecular formula is C17H23N3O3S3. The Morgan fingerprint density at radius 2 is 1.81 bits per heavy atom. The fourth-order valence-electron chi connectivity index (χ4n) is 2.23. The minimum Gasteiger partial charge on any atom is -0.493 e. The summed E-state index contributed by atoms with van der Waals surface area (Å²) in [4.78, 5) is 14.4. The van der Waals surface area contributed by atoms with Gasteiger partial charge in [-0.25, -0.2) is 0 Å². The molecular weight excluding hydrogens is 390 g/mol. The van der Waals surface area contributed by atoms with Crippen molar-refractivity contribution in [3.05, 3.63) is 23.8 Å². The van der Waals surface area contributed by atoms with E-state index in [-0.39, 0.29) is 5.91 Å². The summed E-state index contributed by atoms with van der Waals surface area (Å²) in [6.07, 6.45) is 0. The molecule has 0 radical (unpaired) electrons. The highest BCUT2D eigenvalue weighted by atomic mass is 32.2. The third-order valence-corrected chi connectivity index (χ3v) is 6.59. The van der Waals surface area contributed by atoms with Crippen molar-refractivity contribution in [3.8, 4) is 11.5 Å². The van der Waals surface area contributed by atoms with Gasteiger partial charge in [0.15, 0.2) is 20.2 Å². The molecule has 0 bridgehead atoms. The molecule has 2 aromatic rings. The number of nitrogens with zero attached hydrogens (tertiary/aromatic N) is 3. The summed E-state index contributed by atoms with van der Waals surface area (Å²) in [6, 6.07) is 5.71. The molecule has 1 heterocycles. The molecule has 0 saturated heterocycles. The van der Waals surface area contributed by atoms with Crippen LogP contribution in [0.2, 0.25) is 0 Å². The summed E-state index contributed by atoms with van der Waals surface area (Å²) in [5.41, 5.74) is 1.00. The Labute approximate surface area is 166 Å². The average molecular weight is 414 g/mol. The molecule has 0 saturated carbocycles. The van der Waals surface area contributed by atoms with Crippen molar-refractivity contribution >= 4 is 40.8 Å². The summed E-state index contributed by atoms with van der Waals surface area (Å²) < 4.78 is 12.4. The Morgan fingerprint density at radius 1 is 1.12 bits per heavy atom. The number of hydrogen-bond donors (Lipinski definition) is 0. The zero-order valence-electron chi connectivity index (χ0n) is 15.4. The van der Waals surface area contributed by atoms with E-state index >= 15 is 0 Å². The third kappa shape index (κ3) is 5.78. The number of carbonyl (C=O) groups is 1. The molecule has 0 aliphatic heterocycles. The van der Waals surface area contributed by atoms with Crippen LogP contribution in [0.4, 0.5) is 0 Å². The van der Waals surface area contributed by atoms with Gasteiger partial charge in [0.25, 0.3) is 0 Å². The molecule has 1 amide bonds. The smallest absolute Gasteiger partial charge is 0.233 e. The van der Waals surface area contributed by atoms with E-state index in [0.29, 0.717) is 30.3 Å². The SMILES string of the molecule is CCSc1nnc(SCC(=O)N(CC)Cc2ccc(OC)c(OC)c2)s1. The van der Waals surface area contributed by atoms with Gasteiger partial charge in [-0.3, -0.25) is 4.79 Å². The molecule has 2 rings (SSSR count). The van der Waals surface area contributed by atoms with Crippen LogP contribution < -0.4 is 9.47 Å². The Kier molecular flexibility index (Phi) is 8.53. The van der Waals surface area contributed by atoms with Crippen LogP contribution in [0.15, 0.2) is 26.9 Å². The molecule has 0 atom stereocenters. The molecule has 0 aliphatic carbocycles. The van der Waals surface area contributed by atoms with E-state index < -0.39 is 0 Å². The number of rotatable bonds is 10. The van der Waals surface area contributed by atoms with Gasteiger partial charge in [-0.15, -0.1) is 10.2 Å². The van der Waals surface area contributed by atoms with Crippen LogP contribution in [-0.2, 0) is 11.3 Å². The first-order valence-corrected chi connectivity index (χ1v) is 11.0. The second-order valence-electron chi connectivity index (χ2n) is 5.15. The maximum atomic E-state index is 12.6. The Balaban J connectivity index is 1.95. The maximum Gasteiger partial charge on any atom is 0.233 e. The largest absolute Gasteiger partial charge is 0.493 e. The maximum absolute atomic E-state index is 12.6. The van der Waals surface area contributed by atoms with E-state index in [2.05, 4.69) is 17.1 Å². The van der Waals surface area contributed by atoms with Gasteiger partial charge >= 0.3 is 0 Å². The molecule has 9 heteroatoms. The molecule has 26 heavy (non-hydrogen) atoms. The number of benzene rings is 1. The molecule has 6 nitrogen and oxygen atoms in total. The van der Waals surface area contributed by atoms with E-state index in [0.717, 1.165) is 20.0 Å². The number of thioether (sulfide) groups is 2. The third-order valence-electron chi connectivity index (χ3n) is 3.53. The standard InChI is InChI=1S/C17H23N3O3S3/c1-5-20(10-12-7-8-13(22-3)14(9-12)23-4)15(21)11-25-17-19-18-16(26-17)24-6-2/h7-9H,5-6,10-11H2,1-4H3. The van der Waals surface area contributed by atoms with Crippen LogP contribution in [0.25, 0.3) is 0 Å². The first kappa shape index (κ1) is 20.9. The highest BCUT2D eigenvalue weighted by Gasteiger charge is 2.15. The van der Waals surface area contributed by atoms with Crippen LogP contribution in [0.5, 0.6) is 11.5 Å². The summed E-state index contributed by atoms with van der Waals surface area (Å²) in [5, 5.41) is 8.24. The quantitative estimate of drug-likeness (QED) is 0.549. The van der Waals surface area contributed by atoms with Crippen LogP contribution >= 0.6 is 34.9 Å². The highest BCUT2D eigenvalue weighted by Crippen LogP contribution is 2.30. The van der Waals surface area contributed by atoms with Crippen LogP contribution in [0.3, 0.4) is 0 Å². The number of amides is 1. The number of methoxy groups -OCH3 is 2. The second kappa shape index (κ2) is 10.6. The minimum atomic E-state index is 0.0761. The minimum absolute atomic E-state index is 0.0761. The van der Waals surface area contributed by atoms with E-state index in [1.807, 2.05) is 30.0 Å². The normalized spacial score (nSPS) is 10.6. The van der Waals surface area contributed by atoms with Gasteiger partial charge in [0, 0.05) is 13.1 Å². The molecule has 0 unspecified atom stereocenters. The van der Waals surface area contributed by atoms with Crippen molar-refractivity contribution in [2.45, 2.75) is 29.1 Å². The van der Waals surface area contributed by atoms with E-state index in [1.54, 1.807) is 26.0 Å². The highest BCUT2D eigenvalue weighted by molar-refractivity contribution is 8.03. The van der Waals surface area contributed by atoms with Crippen molar-refractivity contribution < 1.29 is 14.3 Å². The summed E-state index contributed by atoms with van der Waals surface area (Å²) in [5.74, 6) is 2.74. The fraction of sp³-hybridized carbons (Fsp3) is 0.471. The van der Waals surface area contributed by atoms with Crippen molar-refractivity contribution in [2.24, 2.45) is 0 Å². The topological polar surface area (TPSA) is 64.6 Å². The Bertz CT molecular complexity index is 724. The van der Waals surface area contributed by atoms with E-state index in [9.17, 15) is 4.79 Å². The predicted octanol–water partition coefficient (Wildman–Crippen LogP) is 3.81. The number of carbonyl (C=O) groups excluding carboxylic acids is 1. The lowest BCUT2D eigenvalue weighted by Gasteiger charge is -2.21. The van der Waals surface area contributed by atoms with Gasteiger partial charge in [-0.2, -0.15) is 0 Å². The predicted molar refractivity (Wildman–Crippen MR) is 108 cm³/mol. The van der Waals surface area contributed by atoms with Crippen molar-refractivity contribution in [2.75, 3.05) is 32.3 Å². The molecule has 142 valence electrons. The van der Waals surface area contributed by atoms with Crippen molar-refractivity contribution in [3.63, 3.8) is 0 Å². The summed E-state index contributed by atoms with van der Waals surface area (Å²) in [6.45, 7) is 5.23. The molecule has 1 aromatic heterocycles. The van der Waals surface area contributed by atoms with Crippen LogP contribution in [-0.4, -0.2) is 53.3 Å². The molecule has 0 fully saturated rings. The lowest BCUT2D eigenvalue weighted by atomic mass is 10.2. The van der Waals surface area contributed by atoms with Gasteiger partial charge in [0.2, 0.25) is 5.91 Å². The van der Waals surface area contributed by atoms with Crippen LogP contribution in [0.1, 0.15) is 19.4 Å². The fourth-order valence-corrected chi connectivity index (χ4v) is 5.05. The second-order valence-corrected chi connectivity index (χ2v) is 8.86. The lowest BCUT2D eigenvalue weighted by molar-refractivity contribution is -0.128. The molecule has 0 aliphatic rings. The van der Waals surface area contributed by atoms with Gasteiger partial charge in [0.1, 0.15) is 0 Å². The zero-order chi connectivity index (χ0) is 18.9. The average Bonchev–Trinajstić information content (AvgIpc) is 3.11. The zero-order valence-corrected chi connectivity index (χ0v) is 17.8. The van der Waals surface area contributed by atoms with E-state index in [1.165, 1.54) is 23.1 Å². The summed E-state index contributed by atoms with van der Waals surface area (Å²) >= 11 is 4.64. The van der Waals surface area contributed by atoms with Crippen molar-refractivity contribution in [1.29, 1.82) is 0 Å². The monoisotopic (exact) mass is 413 g/mol. The van der Waals surface area contributed by atoms with Crippen LogP contribution in [0, 0.1) is 0 Å². The Morgan fingerprint density at radius 3 is 2.42 bits per heavy atom. The van der Waals surface area contributed by atoms with Crippen molar-refractivity contribution in [1.82, 2.24) is 15.1 Å². The summed E-state index contributed by atoms with van der Waals surface area (Å²) in [7, 11) is 3.21. The Hall–Kier alpha value is -1.45. The van der Waals surface area contributed by atoms with E-state index in [4.69, 9.17) is 9.47 Å². The van der Waals surface area contributed by atoms with Gasteiger partial charge < -0.3 is 14.4 Å². The number of hydrogen-bond acceptors (Lipinski definition) is 8. The molecule has 0 N–H and O–H groups in total. The molecule has 1 aromatic carbocycles.